The van der Waals surface area contributed by atoms with Gasteiger partial charge in [0.25, 0.3) is 0 Å². The molecule has 102 valence electrons. The highest BCUT2D eigenvalue weighted by atomic mass is 79.9. The van der Waals surface area contributed by atoms with Crippen molar-refractivity contribution in [3.8, 4) is 0 Å². The Morgan fingerprint density at radius 3 is 2.00 bits per heavy atom. The van der Waals surface area contributed by atoms with E-state index in [-0.39, 0.29) is 35.5 Å². The SMILES string of the molecule is O=C1[C@@H]2[C@@H](C(=O)N1c1ccccc1Br)[C@H]1C=C[C@H]2CC1. The highest BCUT2D eigenvalue weighted by Crippen LogP contribution is 2.50. The van der Waals surface area contributed by atoms with Crippen molar-refractivity contribution in [2.75, 3.05) is 4.90 Å². The van der Waals surface area contributed by atoms with Crippen molar-refractivity contribution in [1.82, 2.24) is 0 Å². The highest BCUT2D eigenvalue weighted by Gasteiger charge is 2.57. The number of fused-ring (bicyclic) bond motifs is 1. The van der Waals surface area contributed by atoms with Crippen LogP contribution in [0.4, 0.5) is 5.69 Å². The minimum atomic E-state index is -0.140. The van der Waals surface area contributed by atoms with Gasteiger partial charge in [-0.05, 0) is 52.7 Å². The largest absolute Gasteiger partial charge is 0.274 e. The van der Waals surface area contributed by atoms with Crippen LogP contribution in [0.25, 0.3) is 0 Å². The van der Waals surface area contributed by atoms with Crippen molar-refractivity contribution < 1.29 is 9.59 Å². The number of benzene rings is 1. The molecule has 1 saturated carbocycles. The fourth-order valence-electron chi connectivity index (χ4n) is 3.94. The summed E-state index contributed by atoms with van der Waals surface area (Å²) in [5, 5.41) is 0. The monoisotopic (exact) mass is 331 g/mol. The molecule has 0 N–H and O–H groups in total. The number of hydrogen-bond acceptors (Lipinski definition) is 2. The zero-order valence-electron chi connectivity index (χ0n) is 10.8. The third kappa shape index (κ3) is 1.51. The van der Waals surface area contributed by atoms with Gasteiger partial charge >= 0.3 is 0 Å². The van der Waals surface area contributed by atoms with Gasteiger partial charge in [-0.15, -0.1) is 0 Å². The molecule has 4 aliphatic rings. The summed E-state index contributed by atoms with van der Waals surface area (Å²) in [5.41, 5.74) is 0.677. The molecular formula is C16H14BrNO2. The van der Waals surface area contributed by atoms with Gasteiger partial charge in [-0.25, -0.2) is 4.90 Å². The van der Waals surface area contributed by atoms with Crippen LogP contribution in [0.2, 0.25) is 0 Å². The van der Waals surface area contributed by atoms with E-state index in [9.17, 15) is 9.59 Å². The molecule has 0 radical (unpaired) electrons. The molecule has 1 aromatic carbocycles. The van der Waals surface area contributed by atoms with E-state index in [4.69, 9.17) is 0 Å². The second-order valence-electron chi connectivity index (χ2n) is 5.80. The van der Waals surface area contributed by atoms with Gasteiger partial charge in [0.05, 0.1) is 17.5 Å². The Bertz CT molecular complexity index is 607. The molecule has 1 saturated heterocycles. The molecule has 5 rings (SSSR count). The Morgan fingerprint density at radius 1 is 0.950 bits per heavy atom. The van der Waals surface area contributed by atoms with Gasteiger partial charge in [0, 0.05) is 4.47 Å². The van der Waals surface area contributed by atoms with Crippen LogP contribution < -0.4 is 4.90 Å². The van der Waals surface area contributed by atoms with Crippen molar-refractivity contribution in [1.29, 1.82) is 0 Å². The number of amides is 2. The van der Waals surface area contributed by atoms with Crippen molar-refractivity contribution >= 4 is 33.4 Å². The van der Waals surface area contributed by atoms with Gasteiger partial charge < -0.3 is 0 Å². The third-order valence-corrected chi connectivity index (χ3v) is 5.52. The number of carbonyl (C=O) groups excluding carboxylic acids is 2. The Hall–Kier alpha value is -1.42. The molecule has 0 spiro atoms. The number of para-hydroxylation sites is 1. The smallest absolute Gasteiger partial charge is 0.238 e. The Morgan fingerprint density at radius 2 is 1.50 bits per heavy atom. The molecule has 2 fully saturated rings. The molecular weight excluding hydrogens is 318 g/mol. The highest BCUT2D eigenvalue weighted by molar-refractivity contribution is 9.10. The lowest BCUT2D eigenvalue weighted by molar-refractivity contribution is -0.124. The van der Waals surface area contributed by atoms with Gasteiger partial charge in [0.2, 0.25) is 11.8 Å². The lowest BCUT2D eigenvalue weighted by Crippen LogP contribution is -2.38. The summed E-state index contributed by atoms with van der Waals surface area (Å²) in [6.45, 7) is 0. The fourth-order valence-corrected chi connectivity index (χ4v) is 4.41. The molecule has 4 heteroatoms. The standard InChI is InChI=1S/C16H14BrNO2/c17-11-3-1-2-4-12(11)18-15(19)13-9-5-6-10(8-7-9)14(13)16(18)20/h1-6,9-10,13-14H,7-8H2/t9-,10-,13-,14-/m0/s1. The van der Waals surface area contributed by atoms with E-state index in [0.29, 0.717) is 5.69 Å². The number of imide groups is 1. The Balaban J connectivity index is 1.80. The molecule has 3 aliphatic carbocycles. The fraction of sp³-hybridized carbons (Fsp3) is 0.375. The summed E-state index contributed by atoms with van der Waals surface area (Å²) in [6, 6.07) is 7.43. The van der Waals surface area contributed by atoms with Crippen LogP contribution in [0.3, 0.4) is 0 Å². The summed E-state index contributed by atoms with van der Waals surface area (Å²) in [6.07, 6.45) is 6.35. The van der Waals surface area contributed by atoms with Crippen molar-refractivity contribution in [2.24, 2.45) is 23.7 Å². The first-order valence-electron chi connectivity index (χ1n) is 6.99. The van der Waals surface area contributed by atoms with Crippen LogP contribution in [-0.2, 0) is 9.59 Å². The third-order valence-electron chi connectivity index (χ3n) is 4.85. The minimum absolute atomic E-state index is 0.0223. The summed E-state index contributed by atoms with van der Waals surface area (Å²) in [4.78, 5) is 26.9. The van der Waals surface area contributed by atoms with Gasteiger partial charge in [0.15, 0.2) is 0 Å². The van der Waals surface area contributed by atoms with E-state index >= 15 is 0 Å². The number of nitrogens with zero attached hydrogens (tertiary/aromatic N) is 1. The van der Waals surface area contributed by atoms with Crippen molar-refractivity contribution in [3.63, 3.8) is 0 Å². The van der Waals surface area contributed by atoms with E-state index < -0.39 is 0 Å². The Labute approximate surface area is 125 Å². The van der Waals surface area contributed by atoms with Crippen LogP contribution in [0.1, 0.15) is 12.8 Å². The second kappa shape index (κ2) is 4.29. The second-order valence-corrected chi connectivity index (χ2v) is 6.66. The summed E-state index contributed by atoms with van der Waals surface area (Å²) in [7, 11) is 0. The summed E-state index contributed by atoms with van der Waals surface area (Å²) in [5.74, 6) is 0.163. The van der Waals surface area contributed by atoms with E-state index in [1.54, 1.807) is 0 Å². The average Bonchev–Trinajstić information content (AvgIpc) is 2.75. The Kier molecular flexibility index (Phi) is 2.64. The average molecular weight is 332 g/mol. The zero-order valence-corrected chi connectivity index (χ0v) is 12.4. The van der Waals surface area contributed by atoms with E-state index in [1.807, 2.05) is 24.3 Å². The van der Waals surface area contributed by atoms with E-state index in [1.165, 1.54) is 4.90 Å². The predicted octanol–water partition coefficient (Wildman–Crippen LogP) is 3.15. The molecule has 0 aromatic heterocycles. The number of carbonyl (C=O) groups is 2. The number of hydrogen-bond donors (Lipinski definition) is 0. The molecule has 1 heterocycles. The molecule has 4 atom stereocenters. The normalized spacial score (nSPS) is 34.8. The minimum Gasteiger partial charge on any atom is -0.274 e. The van der Waals surface area contributed by atoms with E-state index in [0.717, 1.165) is 17.3 Å². The first kappa shape index (κ1) is 12.3. The molecule has 2 amide bonds. The van der Waals surface area contributed by atoms with Crippen LogP contribution in [0.5, 0.6) is 0 Å². The molecule has 1 aromatic rings. The molecule has 1 aliphatic heterocycles. The lowest BCUT2D eigenvalue weighted by atomic mass is 9.63. The molecule has 3 nitrogen and oxygen atoms in total. The molecule has 2 bridgehead atoms. The summed E-state index contributed by atoms with van der Waals surface area (Å²) < 4.78 is 0.792. The maximum atomic E-state index is 12.7. The van der Waals surface area contributed by atoms with Gasteiger partial charge in [-0.2, -0.15) is 0 Å². The molecule has 20 heavy (non-hydrogen) atoms. The van der Waals surface area contributed by atoms with Crippen LogP contribution in [0.15, 0.2) is 40.9 Å². The van der Waals surface area contributed by atoms with Gasteiger partial charge in [-0.3, -0.25) is 9.59 Å². The van der Waals surface area contributed by atoms with Crippen molar-refractivity contribution in [3.05, 3.63) is 40.9 Å². The van der Waals surface area contributed by atoms with Crippen LogP contribution in [0, 0.1) is 23.7 Å². The summed E-state index contributed by atoms with van der Waals surface area (Å²) >= 11 is 3.44. The first-order valence-corrected chi connectivity index (χ1v) is 7.78. The quantitative estimate of drug-likeness (QED) is 0.585. The first-order chi connectivity index (χ1) is 9.68. The predicted molar refractivity (Wildman–Crippen MR) is 79.0 cm³/mol. The number of anilines is 1. The topological polar surface area (TPSA) is 37.4 Å². The van der Waals surface area contributed by atoms with Crippen molar-refractivity contribution in [2.45, 2.75) is 12.8 Å². The van der Waals surface area contributed by atoms with Crippen LogP contribution in [-0.4, -0.2) is 11.8 Å². The maximum absolute atomic E-state index is 12.7. The maximum Gasteiger partial charge on any atom is 0.238 e. The van der Waals surface area contributed by atoms with E-state index in [2.05, 4.69) is 28.1 Å². The number of halogens is 1. The number of rotatable bonds is 1. The van der Waals surface area contributed by atoms with Crippen LogP contribution >= 0.6 is 15.9 Å². The number of allylic oxidation sites excluding steroid dienone is 2. The van der Waals surface area contributed by atoms with Gasteiger partial charge in [-0.1, -0.05) is 24.3 Å². The lowest BCUT2D eigenvalue weighted by Gasteiger charge is -2.38. The van der Waals surface area contributed by atoms with Gasteiger partial charge in [0.1, 0.15) is 0 Å². The molecule has 0 unspecified atom stereocenters. The zero-order chi connectivity index (χ0) is 13.9.